The Kier molecular flexibility index (Phi) is 5.79. The Morgan fingerprint density at radius 1 is 1.11 bits per heavy atom. The smallest absolute Gasteiger partial charge is 0.268 e. The van der Waals surface area contributed by atoms with Crippen molar-refractivity contribution < 1.29 is 22.7 Å². The molecule has 0 unspecified atom stereocenters. The molecule has 0 heterocycles. The highest BCUT2D eigenvalue weighted by Gasteiger charge is 2.32. The summed E-state index contributed by atoms with van der Waals surface area (Å²) in [6, 6.07) is 11.6. The molecule has 1 aliphatic carbocycles. The van der Waals surface area contributed by atoms with E-state index in [1.54, 1.807) is 49.4 Å². The number of rotatable bonds is 8. The zero-order valence-electron chi connectivity index (χ0n) is 16.1. The predicted molar refractivity (Wildman–Crippen MR) is 106 cm³/mol. The molecule has 2 aromatic rings. The zero-order chi connectivity index (χ0) is 20.3. The highest BCUT2D eigenvalue weighted by molar-refractivity contribution is 7.93. The monoisotopic (exact) mass is 404 g/mol. The van der Waals surface area contributed by atoms with E-state index in [0.29, 0.717) is 11.4 Å². The molecule has 7 nitrogen and oxygen atoms in total. The number of methoxy groups -OCH3 is 2. The number of nitrogens with one attached hydrogen (secondary N) is 1. The third kappa shape index (κ3) is 4.39. The number of hydrogen-bond donors (Lipinski definition) is 1. The number of ether oxygens (including phenoxy) is 2. The van der Waals surface area contributed by atoms with Crippen LogP contribution in [0.5, 0.6) is 11.5 Å². The molecular weight excluding hydrogens is 380 g/mol. The molecule has 0 radical (unpaired) electrons. The number of amides is 1. The molecule has 2 aromatic carbocycles. The van der Waals surface area contributed by atoms with Crippen LogP contribution in [0.2, 0.25) is 0 Å². The second kappa shape index (κ2) is 8.10. The van der Waals surface area contributed by atoms with Crippen LogP contribution >= 0.6 is 0 Å². The summed E-state index contributed by atoms with van der Waals surface area (Å²) in [4.78, 5) is 12.4. The lowest BCUT2D eigenvalue weighted by atomic mass is 10.2. The second-order valence-corrected chi connectivity index (χ2v) is 8.54. The molecule has 0 atom stereocenters. The van der Waals surface area contributed by atoms with Crippen molar-refractivity contribution in [3.63, 3.8) is 0 Å². The van der Waals surface area contributed by atoms with Gasteiger partial charge in [0.2, 0.25) is 5.91 Å². The van der Waals surface area contributed by atoms with Crippen molar-refractivity contribution in [2.45, 2.75) is 30.7 Å². The summed E-state index contributed by atoms with van der Waals surface area (Å²) in [7, 11) is -1.09. The van der Waals surface area contributed by atoms with E-state index < -0.39 is 10.0 Å². The fourth-order valence-corrected chi connectivity index (χ4v) is 4.46. The first-order valence-corrected chi connectivity index (χ1v) is 10.4. The van der Waals surface area contributed by atoms with Gasteiger partial charge in [0.1, 0.15) is 22.9 Å². The number of carbonyl (C=O) groups excluding carboxylic acids is 1. The normalized spacial score (nSPS) is 13.7. The molecule has 28 heavy (non-hydrogen) atoms. The molecule has 1 fully saturated rings. The van der Waals surface area contributed by atoms with Gasteiger partial charge in [-0.3, -0.25) is 9.10 Å². The van der Waals surface area contributed by atoms with Crippen LogP contribution in [0.25, 0.3) is 0 Å². The summed E-state index contributed by atoms with van der Waals surface area (Å²) in [5.74, 6) is 0.483. The van der Waals surface area contributed by atoms with Crippen molar-refractivity contribution in [1.82, 2.24) is 5.32 Å². The van der Waals surface area contributed by atoms with E-state index in [4.69, 9.17) is 9.47 Å². The Morgan fingerprint density at radius 2 is 1.79 bits per heavy atom. The maximum absolute atomic E-state index is 13.5. The summed E-state index contributed by atoms with van der Waals surface area (Å²) >= 11 is 0. The number of carbonyl (C=O) groups is 1. The van der Waals surface area contributed by atoms with Gasteiger partial charge in [-0.25, -0.2) is 8.42 Å². The van der Waals surface area contributed by atoms with Gasteiger partial charge in [-0.1, -0.05) is 6.07 Å². The van der Waals surface area contributed by atoms with Crippen molar-refractivity contribution in [2.75, 3.05) is 25.1 Å². The lowest BCUT2D eigenvalue weighted by Gasteiger charge is -2.25. The van der Waals surface area contributed by atoms with Crippen molar-refractivity contribution in [3.05, 3.63) is 48.0 Å². The van der Waals surface area contributed by atoms with Crippen LogP contribution in [0.3, 0.4) is 0 Å². The number of aryl methyl sites for hydroxylation is 1. The first-order valence-electron chi connectivity index (χ1n) is 8.96. The molecule has 1 amide bonds. The SMILES string of the molecule is COc1ccc(N(CC(=O)NC2CC2)S(=O)(=O)c2cc(C)ccc2OC)cc1. The van der Waals surface area contributed by atoms with E-state index in [0.717, 1.165) is 22.7 Å². The molecule has 1 saturated carbocycles. The van der Waals surface area contributed by atoms with Crippen LogP contribution in [0.15, 0.2) is 47.4 Å². The minimum Gasteiger partial charge on any atom is -0.497 e. The largest absolute Gasteiger partial charge is 0.497 e. The van der Waals surface area contributed by atoms with Gasteiger partial charge < -0.3 is 14.8 Å². The van der Waals surface area contributed by atoms with Crippen molar-refractivity contribution in [3.8, 4) is 11.5 Å². The van der Waals surface area contributed by atoms with E-state index in [9.17, 15) is 13.2 Å². The molecule has 1 N–H and O–H groups in total. The van der Waals surface area contributed by atoms with Gasteiger partial charge in [0, 0.05) is 6.04 Å². The highest BCUT2D eigenvalue weighted by Crippen LogP contribution is 2.31. The van der Waals surface area contributed by atoms with Crippen molar-refractivity contribution in [1.29, 1.82) is 0 Å². The zero-order valence-corrected chi connectivity index (χ0v) is 17.0. The highest BCUT2D eigenvalue weighted by atomic mass is 32.2. The Hall–Kier alpha value is -2.74. The van der Waals surface area contributed by atoms with E-state index in [-0.39, 0.29) is 29.1 Å². The molecule has 150 valence electrons. The number of anilines is 1. The Bertz CT molecular complexity index is 953. The van der Waals surface area contributed by atoms with E-state index in [1.165, 1.54) is 14.2 Å². The topological polar surface area (TPSA) is 84.9 Å². The maximum Gasteiger partial charge on any atom is 0.268 e. The number of nitrogens with zero attached hydrogens (tertiary/aromatic N) is 1. The first-order chi connectivity index (χ1) is 13.3. The van der Waals surface area contributed by atoms with Gasteiger partial charge in [-0.05, 0) is 61.7 Å². The molecule has 8 heteroatoms. The van der Waals surface area contributed by atoms with Gasteiger partial charge in [-0.15, -0.1) is 0 Å². The fraction of sp³-hybridized carbons (Fsp3) is 0.350. The second-order valence-electron chi connectivity index (χ2n) is 6.71. The van der Waals surface area contributed by atoms with Gasteiger partial charge in [0.25, 0.3) is 10.0 Å². The molecule has 0 saturated heterocycles. The van der Waals surface area contributed by atoms with Crippen LogP contribution < -0.4 is 19.1 Å². The third-order valence-electron chi connectivity index (χ3n) is 4.48. The van der Waals surface area contributed by atoms with Gasteiger partial charge in [-0.2, -0.15) is 0 Å². The van der Waals surface area contributed by atoms with E-state index >= 15 is 0 Å². The van der Waals surface area contributed by atoms with Gasteiger partial charge in [0.15, 0.2) is 0 Å². The summed E-state index contributed by atoms with van der Waals surface area (Å²) in [5.41, 5.74) is 1.15. The van der Waals surface area contributed by atoms with E-state index in [2.05, 4.69) is 5.32 Å². The molecule has 1 aliphatic rings. The maximum atomic E-state index is 13.5. The summed E-state index contributed by atoms with van der Waals surface area (Å²) < 4.78 is 38.5. The van der Waals surface area contributed by atoms with Crippen LogP contribution in [-0.4, -0.2) is 41.1 Å². The van der Waals surface area contributed by atoms with Gasteiger partial charge in [0.05, 0.1) is 19.9 Å². The molecule has 0 aromatic heterocycles. The Labute approximate surface area is 165 Å². The average molecular weight is 404 g/mol. The number of hydrogen-bond acceptors (Lipinski definition) is 5. The first kappa shape index (κ1) is 20.0. The Morgan fingerprint density at radius 3 is 2.36 bits per heavy atom. The molecule has 0 spiro atoms. The van der Waals surface area contributed by atoms with Crippen LogP contribution in [0.1, 0.15) is 18.4 Å². The van der Waals surface area contributed by atoms with Crippen molar-refractivity contribution in [2.24, 2.45) is 0 Å². The molecule has 0 aliphatic heterocycles. The van der Waals surface area contributed by atoms with Crippen LogP contribution in [-0.2, 0) is 14.8 Å². The van der Waals surface area contributed by atoms with Crippen LogP contribution in [0.4, 0.5) is 5.69 Å². The van der Waals surface area contributed by atoms with Crippen LogP contribution in [0, 0.1) is 6.92 Å². The number of benzene rings is 2. The number of sulfonamides is 1. The van der Waals surface area contributed by atoms with E-state index in [1.807, 2.05) is 0 Å². The molecule has 3 rings (SSSR count). The third-order valence-corrected chi connectivity index (χ3v) is 6.27. The lowest BCUT2D eigenvalue weighted by molar-refractivity contribution is -0.119. The summed E-state index contributed by atoms with van der Waals surface area (Å²) in [5, 5.41) is 2.84. The molecular formula is C20H24N2O5S. The standard InChI is InChI=1S/C20H24N2O5S/c1-14-4-11-18(27-3)19(12-14)28(24,25)22(13-20(23)21-15-5-6-15)16-7-9-17(26-2)10-8-16/h4,7-12,15H,5-6,13H2,1-3H3,(H,21,23). The quantitative estimate of drug-likeness (QED) is 0.731. The fourth-order valence-electron chi connectivity index (χ4n) is 2.80. The summed E-state index contributed by atoms with van der Waals surface area (Å²) in [6.07, 6.45) is 1.85. The lowest BCUT2D eigenvalue weighted by Crippen LogP contribution is -2.41. The Balaban J connectivity index is 2.02. The van der Waals surface area contributed by atoms with Crippen molar-refractivity contribution >= 4 is 21.6 Å². The minimum absolute atomic E-state index is 0.0186. The van der Waals surface area contributed by atoms with Gasteiger partial charge >= 0.3 is 0 Å². The summed E-state index contributed by atoms with van der Waals surface area (Å²) in [6.45, 7) is 1.48. The minimum atomic E-state index is -4.04. The molecule has 0 bridgehead atoms. The average Bonchev–Trinajstić information content (AvgIpc) is 3.50. The predicted octanol–water partition coefficient (Wildman–Crippen LogP) is 2.49.